The van der Waals surface area contributed by atoms with Crippen LogP contribution in [0.3, 0.4) is 0 Å². The van der Waals surface area contributed by atoms with Crippen LogP contribution < -0.4 is 10.6 Å². The first kappa shape index (κ1) is 19.0. The Hall–Kier alpha value is -1.00. The lowest BCUT2D eigenvalue weighted by molar-refractivity contribution is -0.113. The standard InChI is InChI=1S/C16H30N2O2/c1-15(13-19,17-3)11-9-7-5-6-8-10-12-16(2,14-20)18-4/h5-6,13-14,17-18H,7-12H2,1-4H3/b6-5+. The Morgan fingerprint density at radius 1 is 0.800 bits per heavy atom. The number of hydrogen-bond acceptors (Lipinski definition) is 4. The van der Waals surface area contributed by atoms with E-state index in [0.717, 1.165) is 51.1 Å². The molecule has 4 nitrogen and oxygen atoms in total. The highest BCUT2D eigenvalue weighted by atomic mass is 16.1. The summed E-state index contributed by atoms with van der Waals surface area (Å²) < 4.78 is 0. The second kappa shape index (κ2) is 9.83. The summed E-state index contributed by atoms with van der Waals surface area (Å²) in [5.74, 6) is 0. The molecule has 0 saturated carbocycles. The van der Waals surface area contributed by atoms with Crippen LogP contribution in [0.5, 0.6) is 0 Å². The van der Waals surface area contributed by atoms with Crippen molar-refractivity contribution in [3.05, 3.63) is 12.2 Å². The average molecular weight is 282 g/mol. The van der Waals surface area contributed by atoms with Gasteiger partial charge in [0, 0.05) is 0 Å². The lowest BCUT2D eigenvalue weighted by atomic mass is 9.96. The largest absolute Gasteiger partial charge is 0.308 e. The second-order valence-electron chi connectivity index (χ2n) is 5.83. The van der Waals surface area contributed by atoms with Crippen LogP contribution in [0.1, 0.15) is 52.4 Å². The van der Waals surface area contributed by atoms with Crippen LogP contribution in [0, 0.1) is 0 Å². The molecule has 0 rings (SSSR count). The normalized spacial score (nSPS) is 17.6. The molecule has 0 aliphatic heterocycles. The molecule has 0 aliphatic rings. The molecular formula is C16H30N2O2. The Bertz CT molecular complexity index is 288. The number of nitrogens with one attached hydrogen (secondary N) is 2. The van der Waals surface area contributed by atoms with Gasteiger partial charge in [0.05, 0.1) is 11.1 Å². The van der Waals surface area contributed by atoms with Gasteiger partial charge in [-0.25, -0.2) is 0 Å². The van der Waals surface area contributed by atoms with E-state index < -0.39 is 11.1 Å². The van der Waals surface area contributed by atoms with Crippen molar-refractivity contribution in [1.82, 2.24) is 10.6 Å². The predicted octanol–water partition coefficient (Wildman–Crippen LogP) is 2.24. The van der Waals surface area contributed by atoms with Gasteiger partial charge in [-0.05, 0) is 66.5 Å². The van der Waals surface area contributed by atoms with Crippen LogP contribution in [0.4, 0.5) is 0 Å². The molecule has 2 unspecified atom stereocenters. The highest BCUT2D eigenvalue weighted by Gasteiger charge is 2.20. The lowest BCUT2D eigenvalue weighted by Crippen LogP contribution is -2.41. The number of allylic oxidation sites excluding steroid dienone is 2. The maximum Gasteiger partial charge on any atom is 0.139 e. The Labute approximate surface area is 123 Å². The minimum Gasteiger partial charge on any atom is -0.308 e. The van der Waals surface area contributed by atoms with Crippen molar-refractivity contribution in [3.8, 4) is 0 Å². The summed E-state index contributed by atoms with van der Waals surface area (Å²) >= 11 is 0. The zero-order valence-electron chi connectivity index (χ0n) is 13.4. The number of hydrogen-bond donors (Lipinski definition) is 2. The molecule has 0 aromatic heterocycles. The molecule has 0 heterocycles. The zero-order valence-corrected chi connectivity index (χ0v) is 13.4. The van der Waals surface area contributed by atoms with Crippen LogP contribution in [0.25, 0.3) is 0 Å². The molecule has 0 amide bonds. The molecule has 2 atom stereocenters. The van der Waals surface area contributed by atoms with E-state index in [1.54, 1.807) is 0 Å². The van der Waals surface area contributed by atoms with Crippen molar-refractivity contribution >= 4 is 12.6 Å². The fourth-order valence-electron chi connectivity index (χ4n) is 1.90. The molecule has 2 N–H and O–H groups in total. The van der Waals surface area contributed by atoms with Gasteiger partial charge in [-0.2, -0.15) is 0 Å². The first-order valence-electron chi connectivity index (χ1n) is 7.41. The highest BCUT2D eigenvalue weighted by Crippen LogP contribution is 2.13. The van der Waals surface area contributed by atoms with E-state index in [9.17, 15) is 9.59 Å². The average Bonchev–Trinajstić information content (AvgIpc) is 2.49. The molecule has 116 valence electrons. The smallest absolute Gasteiger partial charge is 0.139 e. The maximum absolute atomic E-state index is 10.9. The van der Waals surface area contributed by atoms with Crippen molar-refractivity contribution in [3.63, 3.8) is 0 Å². The van der Waals surface area contributed by atoms with Crippen LogP contribution in [0.15, 0.2) is 12.2 Å². The molecule has 4 heteroatoms. The van der Waals surface area contributed by atoms with Gasteiger partial charge in [-0.1, -0.05) is 12.2 Å². The topological polar surface area (TPSA) is 58.2 Å². The van der Waals surface area contributed by atoms with Crippen molar-refractivity contribution in [1.29, 1.82) is 0 Å². The first-order valence-corrected chi connectivity index (χ1v) is 7.41. The molecule has 0 spiro atoms. The molecule has 0 saturated heterocycles. The molecule has 20 heavy (non-hydrogen) atoms. The molecule has 0 bridgehead atoms. The summed E-state index contributed by atoms with van der Waals surface area (Å²) in [5.41, 5.74) is -0.793. The maximum atomic E-state index is 10.9. The third-order valence-electron chi connectivity index (χ3n) is 3.96. The Kier molecular flexibility index (Phi) is 9.34. The quantitative estimate of drug-likeness (QED) is 0.327. The first-order chi connectivity index (χ1) is 9.45. The number of carbonyl (C=O) groups is 2. The van der Waals surface area contributed by atoms with E-state index in [1.807, 2.05) is 27.9 Å². The van der Waals surface area contributed by atoms with Gasteiger partial charge in [0.25, 0.3) is 0 Å². The van der Waals surface area contributed by atoms with Crippen LogP contribution in [-0.4, -0.2) is 37.7 Å². The summed E-state index contributed by atoms with van der Waals surface area (Å²) in [6, 6.07) is 0. The van der Waals surface area contributed by atoms with Crippen molar-refractivity contribution < 1.29 is 9.59 Å². The predicted molar refractivity (Wildman–Crippen MR) is 83.9 cm³/mol. The van der Waals surface area contributed by atoms with E-state index in [0.29, 0.717) is 0 Å². The molecule has 0 aromatic carbocycles. The second-order valence-corrected chi connectivity index (χ2v) is 5.83. The van der Waals surface area contributed by atoms with E-state index in [-0.39, 0.29) is 0 Å². The van der Waals surface area contributed by atoms with Gasteiger partial charge in [0.2, 0.25) is 0 Å². The number of aldehydes is 2. The SMILES string of the molecule is CNC(C)(C=O)CCC/C=C/CCCC(C)(C=O)NC. The molecule has 0 aliphatic carbocycles. The highest BCUT2D eigenvalue weighted by molar-refractivity contribution is 5.63. The Morgan fingerprint density at radius 2 is 1.15 bits per heavy atom. The summed E-state index contributed by atoms with van der Waals surface area (Å²) in [5, 5.41) is 6.07. The van der Waals surface area contributed by atoms with Gasteiger partial charge >= 0.3 is 0 Å². The van der Waals surface area contributed by atoms with Gasteiger partial charge in [-0.15, -0.1) is 0 Å². The number of likely N-dealkylation sites (N-methyl/N-ethyl adjacent to an activating group) is 2. The van der Waals surface area contributed by atoms with Gasteiger partial charge in [0.15, 0.2) is 0 Å². The fraction of sp³-hybridized carbons (Fsp3) is 0.750. The Balaban J connectivity index is 3.74. The summed E-state index contributed by atoms with van der Waals surface area (Å²) in [6.45, 7) is 3.84. The monoisotopic (exact) mass is 282 g/mol. The number of rotatable bonds is 12. The van der Waals surface area contributed by atoms with E-state index >= 15 is 0 Å². The molecular weight excluding hydrogens is 252 g/mol. The third-order valence-corrected chi connectivity index (χ3v) is 3.96. The van der Waals surface area contributed by atoms with E-state index in [2.05, 4.69) is 22.8 Å². The Morgan fingerprint density at radius 3 is 1.40 bits per heavy atom. The minimum absolute atomic E-state index is 0.396. The number of carbonyl (C=O) groups excluding carboxylic acids is 2. The lowest BCUT2D eigenvalue weighted by Gasteiger charge is -2.21. The van der Waals surface area contributed by atoms with Crippen LogP contribution >= 0.6 is 0 Å². The summed E-state index contributed by atoms with van der Waals surface area (Å²) in [4.78, 5) is 21.8. The third kappa shape index (κ3) is 7.56. The van der Waals surface area contributed by atoms with Crippen LogP contribution in [-0.2, 0) is 9.59 Å². The molecule has 0 aromatic rings. The van der Waals surface area contributed by atoms with Gasteiger partial charge in [0.1, 0.15) is 12.6 Å². The number of unbranched alkanes of at least 4 members (excludes halogenated alkanes) is 2. The molecule has 0 radical (unpaired) electrons. The van der Waals surface area contributed by atoms with Crippen molar-refractivity contribution in [2.75, 3.05) is 14.1 Å². The molecule has 0 fully saturated rings. The van der Waals surface area contributed by atoms with Crippen molar-refractivity contribution in [2.24, 2.45) is 0 Å². The van der Waals surface area contributed by atoms with E-state index in [4.69, 9.17) is 0 Å². The van der Waals surface area contributed by atoms with Crippen LogP contribution in [0.2, 0.25) is 0 Å². The van der Waals surface area contributed by atoms with Crippen molar-refractivity contribution in [2.45, 2.75) is 63.5 Å². The van der Waals surface area contributed by atoms with Gasteiger partial charge < -0.3 is 20.2 Å². The van der Waals surface area contributed by atoms with E-state index in [1.165, 1.54) is 0 Å². The van der Waals surface area contributed by atoms with Gasteiger partial charge in [-0.3, -0.25) is 0 Å². The minimum atomic E-state index is -0.396. The fourth-order valence-corrected chi connectivity index (χ4v) is 1.90. The zero-order chi connectivity index (χ0) is 15.5. The summed E-state index contributed by atoms with van der Waals surface area (Å²) in [6.07, 6.45) is 12.0. The summed E-state index contributed by atoms with van der Waals surface area (Å²) in [7, 11) is 3.63.